The van der Waals surface area contributed by atoms with Gasteiger partial charge in [-0.3, -0.25) is 9.59 Å². The monoisotopic (exact) mass is 432 g/mol. The van der Waals surface area contributed by atoms with Crippen LogP contribution >= 0.6 is 0 Å². The van der Waals surface area contributed by atoms with E-state index in [4.69, 9.17) is 37.9 Å². The molecule has 4 heterocycles. The second-order valence-electron chi connectivity index (χ2n) is 7.31. The van der Waals surface area contributed by atoms with E-state index in [0.29, 0.717) is 6.61 Å². The molecule has 12 nitrogen and oxygen atoms in total. The molecule has 0 saturated carbocycles. The van der Waals surface area contributed by atoms with Crippen molar-refractivity contribution in [1.82, 2.24) is 0 Å². The smallest absolute Gasteiger partial charge is 0.469 e. The van der Waals surface area contributed by atoms with Crippen molar-refractivity contribution in [2.24, 2.45) is 0 Å². The normalized spacial score (nSPS) is 39.3. The largest absolute Gasteiger partial charge is 0.509 e. The predicted molar refractivity (Wildman–Crippen MR) is 91.4 cm³/mol. The van der Waals surface area contributed by atoms with E-state index in [1.54, 1.807) is 7.11 Å². The van der Waals surface area contributed by atoms with Gasteiger partial charge in [0.1, 0.15) is 36.9 Å². The van der Waals surface area contributed by atoms with Gasteiger partial charge in [-0.25, -0.2) is 4.79 Å². The van der Waals surface area contributed by atoms with E-state index in [1.165, 1.54) is 7.11 Å². The van der Waals surface area contributed by atoms with Crippen molar-refractivity contribution in [3.05, 3.63) is 0 Å². The summed E-state index contributed by atoms with van der Waals surface area (Å²) in [5, 5.41) is 0. The summed E-state index contributed by atoms with van der Waals surface area (Å²) in [6.45, 7) is 0.672. The number of hydrogen-bond acceptors (Lipinski definition) is 12. The maximum atomic E-state index is 12.3. The van der Waals surface area contributed by atoms with Crippen molar-refractivity contribution >= 4 is 18.1 Å². The Kier molecular flexibility index (Phi) is 6.39. The lowest BCUT2D eigenvalue weighted by Gasteiger charge is -2.20. The highest BCUT2D eigenvalue weighted by atomic mass is 16.8. The minimum Gasteiger partial charge on any atom is -0.469 e. The Balaban J connectivity index is 1.24. The average molecular weight is 432 g/mol. The fraction of sp³-hybridized carbons (Fsp3) is 0.833. The van der Waals surface area contributed by atoms with Gasteiger partial charge in [-0.05, 0) is 0 Å². The predicted octanol–water partition coefficient (Wildman–Crippen LogP) is -1.04. The molecule has 8 atom stereocenters. The number of fused-ring (bicyclic) bond motifs is 2. The van der Waals surface area contributed by atoms with Crippen LogP contribution in [0.5, 0.6) is 0 Å². The van der Waals surface area contributed by atoms with Gasteiger partial charge in [-0.1, -0.05) is 0 Å². The van der Waals surface area contributed by atoms with Crippen molar-refractivity contribution in [2.75, 3.05) is 40.6 Å². The third-order valence-corrected chi connectivity index (χ3v) is 5.52. The molecule has 0 aromatic carbocycles. The number of carbonyl (C=O) groups excluding carboxylic acids is 3. The summed E-state index contributed by atoms with van der Waals surface area (Å²) in [7, 11) is 2.75. The molecule has 0 aliphatic carbocycles. The Morgan fingerprint density at radius 3 is 1.57 bits per heavy atom. The molecule has 0 spiro atoms. The van der Waals surface area contributed by atoms with Gasteiger partial charge >= 0.3 is 18.1 Å². The maximum absolute atomic E-state index is 12.3. The fourth-order valence-corrected chi connectivity index (χ4v) is 4.04. The number of ether oxygens (including phenoxy) is 9. The Morgan fingerprint density at radius 1 is 0.667 bits per heavy atom. The van der Waals surface area contributed by atoms with E-state index >= 15 is 0 Å². The average Bonchev–Trinajstić information content (AvgIpc) is 3.47. The van der Waals surface area contributed by atoms with Gasteiger partial charge in [0, 0.05) is 7.11 Å². The summed E-state index contributed by atoms with van der Waals surface area (Å²) in [5.74, 6) is -1.45. The van der Waals surface area contributed by atoms with Crippen LogP contribution < -0.4 is 0 Å². The minimum absolute atomic E-state index is 0.0591. The Bertz CT molecular complexity index is 668. The molecule has 4 aliphatic heterocycles. The molecule has 0 bridgehead atoms. The van der Waals surface area contributed by atoms with Crippen LogP contribution in [0.25, 0.3) is 0 Å². The summed E-state index contributed by atoms with van der Waals surface area (Å²) in [5.41, 5.74) is 0. The summed E-state index contributed by atoms with van der Waals surface area (Å²) in [6, 6.07) is 0. The molecule has 4 rings (SSSR count). The number of esters is 2. The van der Waals surface area contributed by atoms with Gasteiger partial charge in [0.25, 0.3) is 0 Å². The van der Waals surface area contributed by atoms with Crippen molar-refractivity contribution in [1.29, 1.82) is 0 Å². The molecule has 4 fully saturated rings. The van der Waals surface area contributed by atoms with Gasteiger partial charge < -0.3 is 42.6 Å². The molecule has 0 aromatic rings. The lowest BCUT2D eigenvalue weighted by molar-refractivity contribution is -0.159. The topological polar surface area (TPSA) is 134 Å². The maximum Gasteiger partial charge on any atom is 0.509 e. The number of hydrogen-bond donors (Lipinski definition) is 0. The molecule has 0 radical (unpaired) electrons. The summed E-state index contributed by atoms with van der Waals surface area (Å²) >= 11 is 0. The van der Waals surface area contributed by atoms with Crippen molar-refractivity contribution in [3.63, 3.8) is 0 Å². The van der Waals surface area contributed by atoms with E-state index in [-0.39, 0.29) is 32.0 Å². The third-order valence-electron chi connectivity index (χ3n) is 5.52. The summed E-state index contributed by atoms with van der Waals surface area (Å²) in [6.07, 6.45) is -5.54. The highest BCUT2D eigenvalue weighted by molar-refractivity contribution is 5.91. The van der Waals surface area contributed by atoms with Gasteiger partial charge in [-0.2, -0.15) is 0 Å². The van der Waals surface area contributed by atoms with Crippen LogP contribution in [-0.4, -0.2) is 108 Å². The van der Waals surface area contributed by atoms with Crippen LogP contribution in [0.15, 0.2) is 0 Å². The minimum atomic E-state index is -0.891. The van der Waals surface area contributed by atoms with Crippen LogP contribution in [0.1, 0.15) is 6.42 Å². The second-order valence-corrected chi connectivity index (χ2v) is 7.31. The van der Waals surface area contributed by atoms with Crippen LogP contribution in [0.4, 0.5) is 4.79 Å². The van der Waals surface area contributed by atoms with E-state index in [2.05, 4.69) is 4.74 Å². The van der Waals surface area contributed by atoms with E-state index in [0.717, 1.165) is 0 Å². The highest BCUT2D eigenvalue weighted by Crippen LogP contribution is 2.33. The lowest BCUT2D eigenvalue weighted by atomic mass is 10.1. The number of methoxy groups -OCH3 is 2. The Labute approximate surface area is 171 Å². The Morgan fingerprint density at radius 2 is 1.10 bits per heavy atom. The molecule has 168 valence electrons. The first-order valence-corrected chi connectivity index (χ1v) is 9.63. The SMILES string of the molecule is COC(=O)CC(=O)OC1CO[C@@H]2C(OC(=O)OC3CO[C@@H]4C(OC)CO[C@H]34)CO[C@H]12. The zero-order valence-electron chi connectivity index (χ0n) is 16.6. The van der Waals surface area contributed by atoms with Crippen molar-refractivity contribution in [2.45, 2.75) is 55.3 Å². The molecule has 4 unspecified atom stereocenters. The van der Waals surface area contributed by atoms with Crippen LogP contribution in [0, 0.1) is 0 Å². The number of rotatable bonds is 6. The first kappa shape index (κ1) is 21.2. The zero-order chi connectivity index (χ0) is 21.3. The quantitative estimate of drug-likeness (QED) is 0.288. The molecular formula is C18H24O12. The van der Waals surface area contributed by atoms with Crippen molar-refractivity contribution in [3.8, 4) is 0 Å². The van der Waals surface area contributed by atoms with E-state index in [1.807, 2.05) is 0 Å². The third kappa shape index (κ3) is 4.23. The molecule has 0 N–H and O–H groups in total. The van der Waals surface area contributed by atoms with Gasteiger partial charge in [0.15, 0.2) is 18.3 Å². The second kappa shape index (κ2) is 9.02. The summed E-state index contributed by atoms with van der Waals surface area (Å²) < 4.78 is 48.0. The first-order valence-electron chi connectivity index (χ1n) is 9.63. The zero-order valence-corrected chi connectivity index (χ0v) is 16.6. The van der Waals surface area contributed by atoms with Gasteiger partial charge in [0.2, 0.25) is 0 Å². The molecule has 4 saturated heterocycles. The molecule has 4 aliphatic rings. The molecule has 12 heteroatoms. The van der Waals surface area contributed by atoms with E-state index in [9.17, 15) is 14.4 Å². The van der Waals surface area contributed by atoms with Crippen molar-refractivity contribution < 1.29 is 57.0 Å². The molecule has 30 heavy (non-hydrogen) atoms. The van der Waals surface area contributed by atoms with Gasteiger partial charge in [-0.15, -0.1) is 0 Å². The fourth-order valence-electron chi connectivity index (χ4n) is 4.04. The van der Waals surface area contributed by atoms with Gasteiger partial charge in [0.05, 0.1) is 33.5 Å². The standard InChI is InChI=1S/C18H24O12/c1-22-8-4-24-16-10(6-25-14(8)16)29-18(21)30-11-7-27-15-9(5-26-17(11)15)28-13(20)3-12(19)23-2/h8-11,14-17H,3-7H2,1-2H3/t8?,9?,10?,11?,14-,15-,16-,17-/m1/s1. The molecule has 0 amide bonds. The van der Waals surface area contributed by atoms with Crippen LogP contribution in [0.2, 0.25) is 0 Å². The first-order chi connectivity index (χ1) is 14.5. The Hall–Kier alpha value is -1.99. The van der Waals surface area contributed by atoms with Crippen LogP contribution in [0.3, 0.4) is 0 Å². The lowest BCUT2D eigenvalue weighted by Crippen LogP contribution is -2.38. The number of carbonyl (C=O) groups is 3. The van der Waals surface area contributed by atoms with E-state index < -0.39 is 61.1 Å². The summed E-state index contributed by atoms with van der Waals surface area (Å²) in [4.78, 5) is 35.2. The van der Waals surface area contributed by atoms with Crippen LogP contribution in [-0.2, 0) is 52.2 Å². The molecule has 0 aromatic heterocycles. The molecular weight excluding hydrogens is 408 g/mol. The highest BCUT2D eigenvalue weighted by Gasteiger charge is 2.53.